The van der Waals surface area contributed by atoms with Crippen molar-refractivity contribution in [3.05, 3.63) is 35.5 Å². The number of likely N-dealkylation sites (N-methyl/N-ethyl adjacent to an activating group) is 1. The van der Waals surface area contributed by atoms with Crippen LogP contribution in [0.5, 0.6) is 0 Å². The van der Waals surface area contributed by atoms with Crippen molar-refractivity contribution in [2.24, 2.45) is 0 Å². The molecule has 25 heavy (non-hydrogen) atoms. The fraction of sp³-hybridized carbons (Fsp3) is 0.474. The van der Waals surface area contributed by atoms with E-state index in [9.17, 15) is 14.7 Å². The van der Waals surface area contributed by atoms with Gasteiger partial charge >= 0.3 is 12.1 Å². The molecular weight excluding hydrogens is 320 g/mol. The number of para-hydroxylation sites is 1. The summed E-state index contributed by atoms with van der Waals surface area (Å²) in [4.78, 5) is 25.6. The number of aliphatic carboxylic acids is 1. The zero-order chi connectivity index (χ0) is 18.4. The lowest BCUT2D eigenvalue weighted by Crippen LogP contribution is -2.49. The van der Waals surface area contributed by atoms with Gasteiger partial charge in [-0.2, -0.15) is 0 Å². The van der Waals surface area contributed by atoms with Gasteiger partial charge in [-0.1, -0.05) is 12.1 Å². The lowest BCUT2D eigenvalue weighted by molar-refractivity contribution is -0.137. The molecule has 3 rings (SSSR count). The van der Waals surface area contributed by atoms with Crippen molar-refractivity contribution < 1.29 is 19.4 Å². The van der Waals surface area contributed by atoms with Crippen LogP contribution in [0.4, 0.5) is 10.5 Å². The van der Waals surface area contributed by atoms with Gasteiger partial charge in [-0.25, -0.2) is 9.59 Å². The summed E-state index contributed by atoms with van der Waals surface area (Å²) >= 11 is 0. The summed E-state index contributed by atoms with van der Waals surface area (Å²) in [5.41, 5.74) is 3.63. The number of fused-ring (bicyclic) bond motifs is 2. The summed E-state index contributed by atoms with van der Waals surface area (Å²) in [5, 5.41) is 9.40. The molecule has 134 valence electrons. The molecule has 1 N–H and O–H groups in total. The Morgan fingerprint density at radius 3 is 2.60 bits per heavy atom. The fourth-order valence-corrected chi connectivity index (χ4v) is 3.78. The minimum atomic E-state index is -0.833. The molecule has 0 aromatic heterocycles. The lowest BCUT2D eigenvalue weighted by atomic mass is 10.0. The monoisotopic (exact) mass is 345 g/mol. The summed E-state index contributed by atoms with van der Waals surface area (Å²) in [5.74, 6) is -0.833. The number of hydrogen-bond acceptors (Lipinski definition) is 3. The molecule has 0 aliphatic carbocycles. The maximum absolute atomic E-state index is 12.4. The third-order valence-corrected chi connectivity index (χ3v) is 4.78. The molecule has 0 bridgehead atoms. The third kappa shape index (κ3) is 3.14. The number of ether oxygens (including phenoxy) is 1. The van der Waals surface area contributed by atoms with Crippen molar-refractivity contribution in [2.45, 2.75) is 32.8 Å². The van der Waals surface area contributed by atoms with Crippen LogP contribution >= 0.6 is 0 Å². The smallest absolute Gasteiger partial charge is 0.410 e. The van der Waals surface area contributed by atoms with Crippen molar-refractivity contribution in [2.75, 3.05) is 26.7 Å². The first-order valence-electron chi connectivity index (χ1n) is 8.49. The second-order valence-electron chi connectivity index (χ2n) is 7.84. The summed E-state index contributed by atoms with van der Waals surface area (Å²) in [7, 11) is 1.94. The van der Waals surface area contributed by atoms with Gasteiger partial charge in [-0.3, -0.25) is 4.48 Å². The van der Waals surface area contributed by atoms with E-state index in [0.29, 0.717) is 19.5 Å². The number of carbonyl (C=O) groups is 2. The highest BCUT2D eigenvalue weighted by Gasteiger charge is 2.46. The molecular formula is C19H25N2O4+. The molecule has 2 aliphatic heterocycles. The van der Waals surface area contributed by atoms with Crippen molar-refractivity contribution in [3.63, 3.8) is 0 Å². The predicted molar refractivity (Wildman–Crippen MR) is 96.0 cm³/mol. The molecule has 1 amide bonds. The zero-order valence-electron chi connectivity index (χ0n) is 15.2. The fourth-order valence-electron chi connectivity index (χ4n) is 3.78. The van der Waals surface area contributed by atoms with E-state index < -0.39 is 11.6 Å². The van der Waals surface area contributed by atoms with E-state index in [2.05, 4.69) is 0 Å². The standard InChI is InChI=1S/C19H24N2O4/c1-19(2,3)25-18(24)20-10-9-16-14(11-20)13-7-5-6-8-15(13)21(16,4)12-17(22)23/h5-8H,9-12H2,1-4H3/p+1. The number of rotatable bonds is 2. The number of carbonyl (C=O) groups excluding carboxylic acids is 1. The first-order valence-corrected chi connectivity index (χ1v) is 8.49. The number of quaternary nitrogens is 1. The molecule has 0 fully saturated rings. The zero-order valence-corrected chi connectivity index (χ0v) is 15.2. The molecule has 0 saturated heterocycles. The van der Waals surface area contributed by atoms with E-state index in [0.717, 1.165) is 22.5 Å². The first kappa shape index (κ1) is 17.5. The van der Waals surface area contributed by atoms with Gasteiger partial charge in [0.25, 0.3) is 0 Å². The number of amides is 1. The minimum Gasteiger partial charge on any atom is -0.477 e. The summed E-state index contributed by atoms with van der Waals surface area (Å²) in [6.07, 6.45) is 0.323. The molecule has 0 radical (unpaired) electrons. The average molecular weight is 345 g/mol. The highest BCUT2D eigenvalue weighted by Crippen LogP contribution is 2.47. The van der Waals surface area contributed by atoms with Gasteiger partial charge in [0, 0.05) is 30.2 Å². The topological polar surface area (TPSA) is 66.8 Å². The molecule has 1 aromatic carbocycles. The third-order valence-electron chi connectivity index (χ3n) is 4.78. The van der Waals surface area contributed by atoms with E-state index in [1.54, 1.807) is 4.90 Å². The van der Waals surface area contributed by atoms with Gasteiger partial charge in [-0.05, 0) is 26.8 Å². The quantitative estimate of drug-likeness (QED) is 0.837. The van der Waals surface area contributed by atoms with Crippen LogP contribution in [0.15, 0.2) is 30.0 Å². The van der Waals surface area contributed by atoms with E-state index in [1.807, 2.05) is 52.1 Å². The SMILES string of the molecule is CC(C)(C)OC(=O)N1CCC2=C(C1)c1ccccc1[N+]2(C)CC(=O)O. The van der Waals surface area contributed by atoms with Crippen LogP contribution in [-0.4, -0.2) is 54.4 Å². The summed E-state index contributed by atoms with van der Waals surface area (Å²) in [6.45, 7) is 6.55. The van der Waals surface area contributed by atoms with Gasteiger partial charge in [0.15, 0.2) is 6.54 Å². The molecule has 1 unspecified atom stereocenters. The van der Waals surface area contributed by atoms with E-state index in [1.165, 1.54) is 0 Å². The molecule has 2 heterocycles. The van der Waals surface area contributed by atoms with Gasteiger partial charge in [-0.15, -0.1) is 0 Å². The van der Waals surface area contributed by atoms with Crippen molar-refractivity contribution in [1.82, 2.24) is 9.38 Å². The molecule has 6 heteroatoms. The molecule has 1 aromatic rings. The second kappa shape index (κ2) is 5.88. The average Bonchev–Trinajstić information content (AvgIpc) is 2.75. The Labute approximate surface area is 147 Å². The van der Waals surface area contributed by atoms with Crippen LogP contribution in [-0.2, 0) is 9.53 Å². The van der Waals surface area contributed by atoms with Crippen molar-refractivity contribution >= 4 is 23.3 Å². The van der Waals surface area contributed by atoms with Crippen LogP contribution in [0, 0.1) is 0 Å². The van der Waals surface area contributed by atoms with E-state index in [4.69, 9.17) is 4.74 Å². The van der Waals surface area contributed by atoms with Crippen LogP contribution in [0.3, 0.4) is 0 Å². The molecule has 0 saturated carbocycles. The highest BCUT2D eigenvalue weighted by molar-refractivity contribution is 5.90. The number of carboxylic acids is 1. The molecule has 6 nitrogen and oxygen atoms in total. The Balaban J connectivity index is 1.95. The second-order valence-corrected chi connectivity index (χ2v) is 7.84. The first-order chi connectivity index (χ1) is 11.6. The largest absolute Gasteiger partial charge is 0.477 e. The van der Waals surface area contributed by atoms with E-state index in [-0.39, 0.29) is 17.1 Å². The molecule has 0 spiro atoms. The maximum atomic E-state index is 12.4. The van der Waals surface area contributed by atoms with Crippen molar-refractivity contribution in [3.8, 4) is 0 Å². The van der Waals surface area contributed by atoms with Gasteiger partial charge < -0.3 is 14.7 Å². The van der Waals surface area contributed by atoms with Crippen LogP contribution in [0.1, 0.15) is 32.8 Å². The van der Waals surface area contributed by atoms with E-state index >= 15 is 0 Å². The normalized spacial score (nSPS) is 22.5. The lowest BCUT2D eigenvalue weighted by Gasteiger charge is -2.35. The minimum absolute atomic E-state index is 0.00227. The maximum Gasteiger partial charge on any atom is 0.410 e. The van der Waals surface area contributed by atoms with Crippen LogP contribution in [0.25, 0.3) is 5.57 Å². The Morgan fingerprint density at radius 2 is 1.96 bits per heavy atom. The number of carboxylic acid groups (broad SMARTS) is 1. The Kier molecular flexibility index (Phi) is 4.11. The Hall–Kier alpha value is -2.34. The van der Waals surface area contributed by atoms with Gasteiger partial charge in [0.2, 0.25) is 0 Å². The van der Waals surface area contributed by atoms with Gasteiger partial charge in [0.1, 0.15) is 17.0 Å². The predicted octanol–water partition coefficient (Wildman–Crippen LogP) is 3.07. The highest BCUT2D eigenvalue weighted by atomic mass is 16.6. The number of nitrogens with zero attached hydrogens (tertiary/aromatic N) is 2. The number of hydrogen-bond donors (Lipinski definition) is 1. The van der Waals surface area contributed by atoms with Crippen molar-refractivity contribution in [1.29, 1.82) is 0 Å². The van der Waals surface area contributed by atoms with Crippen LogP contribution < -0.4 is 4.48 Å². The Morgan fingerprint density at radius 1 is 1.28 bits per heavy atom. The summed E-state index contributed by atoms with van der Waals surface area (Å²) in [6, 6.07) is 7.87. The molecule has 2 aliphatic rings. The molecule has 1 atom stereocenters. The Bertz CT molecular complexity index is 763. The van der Waals surface area contributed by atoms with Crippen LogP contribution in [0.2, 0.25) is 0 Å². The number of benzene rings is 1. The summed E-state index contributed by atoms with van der Waals surface area (Å²) < 4.78 is 5.78. The van der Waals surface area contributed by atoms with Gasteiger partial charge in [0.05, 0.1) is 13.6 Å².